The summed E-state index contributed by atoms with van der Waals surface area (Å²) in [5, 5.41) is 0. The molecule has 0 unspecified atom stereocenters. The predicted octanol–water partition coefficient (Wildman–Crippen LogP) is 3.71. The van der Waals surface area contributed by atoms with Crippen molar-refractivity contribution in [3.05, 3.63) is 46.3 Å². The van der Waals surface area contributed by atoms with Crippen LogP contribution in [0.15, 0.2) is 18.2 Å². The molecule has 0 aliphatic rings. The van der Waals surface area contributed by atoms with Gasteiger partial charge in [-0.05, 0) is 23.5 Å². The highest BCUT2D eigenvalue weighted by Gasteiger charge is 2.20. The van der Waals surface area contributed by atoms with Crippen LogP contribution in [-0.4, -0.2) is 0 Å². The molecule has 0 spiro atoms. The molecule has 1 aromatic carbocycles. The molecule has 74 valence electrons. The summed E-state index contributed by atoms with van der Waals surface area (Å²) in [7, 11) is 0. The minimum atomic E-state index is 0.130. The lowest BCUT2D eigenvalue weighted by atomic mass is 9.81. The first-order chi connectivity index (χ1) is 6.46. The maximum Gasteiger partial charge on any atom is 0.240 e. The third-order valence-electron chi connectivity index (χ3n) is 2.36. The van der Waals surface area contributed by atoms with Crippen LogP contribution in [0.5, 0.6) is 0 Å². The molecule has 0 atom stereocenters. The summed E-state index contributed by atoms with van der Waals surface area (Å²) in [5.74, 6) is 0. The molecule has 0 amide bonds. The molecule has 1 rings (SSSR count). The summed E-state index contributed by atoms with van der Waals surface area (Å²) in [6.45, 7) is 16.1. The Morgan fingerprint density at radius 2 is 1.93 bits per heavy atom. The molecule has 1 aromatic rings. The Bertz CT molecular complexity index is 364. The fourth-order valence-electron chi connectivity index (χ4n) is 2.02. The highest BCUT2D eigenvalue weighted by Crippen LogP contribution is 2.29. The minimum Gasteiger partial charge on any atom is -0.312 e. The summed E-state index contributed by atoms with van der Waals surface area (Å²) >= 11 is 0. The van der Waals surface area contributed by atoms with E-state index in [4.69, 9.17) is 6.57 Å². The topological polar surface area (TPSA) is 4.36 Å². The van der Waals surface area contributed by atoms with Gasteiger partial charge in [-0.3, -0.25) is 0 Å². The maximum atomic E-state index is 6.94. The van der Waals surface area contributed by atoms with Gasteiger partial charge in [0.1, 0.15) is 0 Å². The number of benzene rings is 1. The lowest BCUT2D eigenvalue weighted by molar-refractivity contribution is 0.580. The van der Waals surface area contributed by atoms with Crippen molar-refractivity contribution in [2.75, 3.05) is 0 Å². The molecule has 0 aliphatic heterocycles. The van der Waals surface area contributed by atoms with E-state index in [2.05, 4.69) is 44.7 Å². The fraction of sp³-hybridized carbons (Fsp3) is 0.462. The van der Waals surface area contributed by atoms with E-state index in [1.54, 1.807) is 0 Å². The second kappa shape index (κ2) is 3.84. The zero-order valence-electron chi connectivity index (χ0n) is 9.39. The highest BCUT2D eigenvalue weighted by molar-refractivity contribution is 5.39. The van der Waals surface area contributed by atoms with Crippen molar-refractivity contribution in [2.45, 2.75) is 39.7 Å². The van der Waals surface area contributed by atoms with Crippen LogP contribution in [0.1, 0.15) is 37.5 Å². The molecule has 0 fully saturated rings. The summed E-state index contributed by atoms with van der Waals surface area (Å²) in [6, 6.07) is 6.21. The largest absolute Gasteiger partial charge is 0.312 e. The summed E-state index contributed by atoms with van der Waals surface area (Å²) in [5.41, 5.74) is 3.92. The van der Waals surface area contributed by atoms with E-state index in [0.717, 1.165) is 0 Å². The monoisotopic (exact) mass is 187 g/mol. The molecule has 0 saturated carbocycles. The summed E-state index contributed by atoms with van der Waals surface area (Å²) < 4.78 is 0. The molecule has 0 radical (unpaired) electrons. The van der Waals surface area contributed by atoms with Gasteiger partial charge in [-0.25, -0.2) is 6.57 Å². The van der Waals surface area contributed by atoms with Gasteiger partial charge in [0, 0.05) is 5.56 Å². The second-order valence-corrected chi connectivity index (χ2v) is 4.68. The molecular formula is C13H17N. The highest BCUT2D eigenvalue weighted by atomic mass is 14.6. The SMILES string of the molecule is [C-]#[N+]Cc1cccc(C)c1C(C)(C)C. The van der Waals surface area contributed by atoms with Crippen molar-refractivity contribution in [3.8, 4) is 0 Å². The van der Waals surface area contributed by atoms with Crippen molar-refractivity contribution in [1.29, 1.82) is 0 Å². The molecular weight excluding hydrogens is 170 g/mol. The Balaban J connectivity index is 3.31. The Hall–Kier alpha value is -1.29. The van der Waals surface area contributed by atoms with Crippen LogP contribution in [0.3, 0.4) is 0 Å². The minimum absolute atomic E-state index is 0.130. The van der Waals surface area contributed by atoms with E-state index >= 15 is 0 Å². The molecule has 0 saturated heterocycles. The zero-order chi connectivity index (χ0) is 10.8. The number of aryl methyl sites for hydroxylation is 1. The lowest BCUT2D eigenvalue weighted by Crippen LogP contribution is -2.15. The normalized spacial score (nSPS) is 11.1. The van der Waals surface area contributed by atoms with Crippen LogP contribution in [0.2, 0.25) is 0 Å². The Labute approximate surface area is 86.6 Å². The number of hydrogen-bond donors (Lipinski definition) is 0. The van der Waals surface area contributed by atoms with E-state index in [9.17, 15) is 0 Å². The van der Waals surface area contributed by atoms with Crippen LogP contribution < -0.4 is 0 Å². The van der Waals surface area contributed by atoms with Gasteiger partial charge in [0.25, 0.3) is 0 Å². The average Bonchev–Trinajstić information content (AvgIpc) is 2.02. The third-order valence-corrected chi connectivity index (χ3v) is 2.36. The zero-order valence-corrected chi connectivity index (χ0v) is 9.39. The third kappa shape index (κ3) is 2.14. The van der Waals surface area contributed by atoms with E-state index in [1.807, 2.05) is 6.07 Å². The molecule has 0 heterocycles. The van der Waals surface area contributed by atoms with E-state index in [1.165, 1.54) is 16.7 Å². The van der Waals surface area contributed by atoms with Crippen molar-refractivity contribution in [3.63, 3.8) is 0 Å². The van der Waals surface area contributed by atoms with Gasteiger partial charge < -0.3 is 4.85 Å². The van der Waals surface area contributed by atoms with E-state index in [0.29, 0.717) is 6.54 Å². The Kier molecular flexibility index (Phi) is 2.96. The van der Waals surface area contributed by atoms with Crippen molar-refractivity contribution >= 4 is 0 Å². The summed E-state index contributed by atoms with van der Waals surface area (Å²) in [4.78, 5) is 3.47. The number of rotatable bonds is 1. The van der Waals surface area contributed by atoms with Crippen LogP contribution >= 0.6 is 0 Å². The van der Waals surface area contributed by atoms with Gasteiger partial charge >= 0.3 is 0 Å². The molecule has 1 heteroatoms. The Morgan fingerprint density at radius 3 is 2.43 bits per heavy atom. The first kappa shape index (κ1) is 10.8. The lowest BCUT2D eigenvalue weighted by Gasteiger charge is -2.23. The standard InChI is InChI=1S/C13H17N/c1-10-7-6-8-11(9-14-5)12(10)13(2,3)4/h6-8H,9H2,1-4H3. The van der Waals surface area contributed by atoms with Gasteiger partial charge in [-0.15, -0.1) is 0 Å². The molecule has 1 nitrogen and oxygen atoms in total. The first-order valence-corrected chi connectivity index (χ1v) is 4.89. The van der Waals surface area contributed by atoms with Crippen molar-refractivity contribution < 1.29 is 0 Å². The number of nitrogens with zero attached hydrogens (tertiary/aromatic N) is 1. The van der Waals surface area contributed by atoms with Gasteiger partial charge in [-0.2, -0.15) is 0 Å². The predicted molar refractivity (Wildman–Crippen MR) is 60.2 cm³/mol. The summed E-state index contributed by atoms with van der Waals surface area (Å²) in [6.07, 6.45) is 0. The van der Waals surface area contributed by atoms with Crippen molar-refractivity contribution in [2.24, 2.45) is 0 Å². The maximum absolute atomic E-state index is 6.94. The molecule has 0 aromatic heterocycles. The second-order valence-electron chi connectivity index (χ2n) is 4.68. The quantitative estimate of drug-likeness (QED) is 0.590. The Morgan fingerprint density at radius 1 is 1.29 bits per heavy atom. The average molecular weight is 187 g/mol. The van der Waals surface area contributed by atoms with Gasteiger partial charge in [0.15, 0.2) is 0 Å². The van der Waals surface area contributed by atoms with Gasteiger partial charge in [-0.1, -0.05) is 39.0 Å². The van der Waals surface area contributed by atoms with Crippen LogP contribution in [-0.2, 0) is 12.0 Å². The van der Waals surface area contributed by atoms with E-state index in [-0.39, 0.29) is 5.41 Å². The number of hydrogen-bond acceptors (Lipinski definition) is 0. The molecule has 14 heavy (non-hydrogen) atoms. The van der Waals surface area contributed by atoms with Gasteiger partial charge in [0.2, 0.25) is 6.54 Å². The van der Waals surface area contributed by atoms with Crippen LogP contribution in [0, 0.1) is 13.5 Å². The van der Waals surface area contributed by atoms with Gasteiger partial charge in [0.05, 0.1) is 0 Å². The molecule has 0 aliphatic carbocycles. The first-order valence-electron chi connectivity index (χ1n) is 4.89. The van der Waals surface area contributed by atoms with E-state index < -0.39 is 0 Å². The molecule has 0 bridgehead atoms. The van der Waals surface area contributed by atoms with Crippen molar-refractivity contribution in [1.82, 2.24) is 0 Å². The van der Waals surface area contributed by atoms with Crippen LogP contribution in [0.4, 0.5) is 0 Å². The smallest absolute Gasteiger partial charge is 0.240 e. The fourth-order valence-corrected chi connectivity index (χ4v) is 2.02. The van der Waals surface area contributed by atoms with Crippen LogP contribution in [0.25, 0.3) is 4.85 Å². The molecule has 0 N–H and O–H groups in total.